The Bertz CT molecular complexity index is 1420. The molecule has 6 nitrogen and oxygen atoms in total. The number of ether oxygens (including phenoxy) is 1. The molecule has 0 aliphatic carbocycles. The van der Waals surface area contributed by atoms with Crippen molar-refractivity contribution in [1.29, 1.82) is 0 Å². The van der Waals surface area contributed by atoms with Crippen LogP contribution in [0.1, 0.15) is 73.5 Å². The van der Waals surface area contributed by atoms with Gasteiger partial charge in [-0.05, 0) is 80.3 Å². The lowest BCUT2D eigenvalue weighted by Gasteiger charge is -2.27. The van der Waals surface area contributed by atoms with Gasteiger partial charge in [0.2, 0.25) is 0 Å². The highest BCUT2D eigenvalue weighted by Gasteiger charge is 2.32. The zero-order chi connectivity index (χ0) is 30.2. The zero-order valence-electron chi connectivity index (χ0n) is 23.7. The number of unbranched alkanes of at least 4 members (excludes halogenated alkanes) is 3. The van der Waals surface area contributed by atoms with E-state index in [1.807, 2.05) is 38.1 Å². The Balaban J connectivity index is 1.81. The topological polar surface area (TPSA) is 72.9 Å². The summed E-state index contributed by atoms with van der Waals surface area (Å²) in [6.45, 7) is 6.06. The Labute approximate surface area is 240 Å². The molecule has 0 atom stereocenters. The largest absolute Gasteiger partial charge is 0.493 e. The quantitative estimate of drug-likeness (QED) is 0.151. The van der Waals surface area contributed by atoms with E-state index in [4.69, 9.17) is 8.92 Å². The second-order valence-electron chi connectivity index (χ2n) is 10.1. The fourth-order valence-corrected chi connectivity index (χ4v) is 5.28. The number of methoxy groups -OCH3 is 1. The van der Waals surface area contributed by atoms with Gasteiger partial charge in [-0.25, -0.2) is 0 Å². The first-order valence-corrected chi connectivity index (χ1v) is 14.9. The van der Waals surface area contributed by atoms with Crippen molar-refractivity contribution in [2.75, 3.05) is 7.11 Å². The Hall–Kier alpha value is -3.53. The minimum absolute atomic E-state index is 0.0706. The second-order valence-corrected chi connectivity index (χ2v) is 11.6. The van der Waals surface area contributed by atoms with Gasteiger partial charge in [-0.1, -0.05) is 50.5 Å². The Morgan fingerprint density at radius 1 is 0.902 bits per heavy atom. The van der Waals surface area contributed by atoms with Crippen molar-refractivity contribution in [2.24, 2.45) is 0 Å². The lowest BCUT2D eigenvalue weighted by Crippen LogP contribution is -2.36. The average Bonchev–Trinajstić information content (AvgIpc) is 2.93. The first kappa shape index (κ1) is 32.0. The van der Waals surface area contributed by atoms with Gasteiger partial charge in [0.1, 0.15) is 4.90 Å². The minimum Gasteiger partial charge on any atom is -0.493 e. The van der Waals surface area contributed by atoms with Gasteiger partial charge in [0.05, 0.1) is 12.7 Å². The van der Waals surface area contributed by atoms with E-state index in [1.54, 1.807) is 11.0 Å². The Morgan fingerprint density at radius 2 is 1.59 bits per heavy atom. The summed E-state index contributed by atoms with van der Waals surface area (Å²) >= 11 is 0. The van der Waals surface area contributed by atoms with Crippen molar-refractivity contribution in [1.82, 2.24) is 4.90 Å². The van der Waals surface area contributed by atoms with E-state index >= 15 is 0 Å². The van der Waals surface area contributed by atoms with Crippen LogP contribution in [0.25, 0.3) is 0 Å². The van der Waals surface area contributed by atoms with Gasteiger partial charge in [0.15, 0.2) is 11.5 Å². The van der Waals surface area contributed by atoms with Crippen LogP contribution in [0.3, 0.4) is 0 Å². The molecule has 0 aliphatic rings. The van der Waals surface area contributed by atoms with Crippen molar-refractivity contribution >= 4 is 16.0 Å². The van der Waals surface area contributed by atoms with Gasteiger partial charge in [0, 0.05) is 18.2 Å². The molecule has 1 amide bonds. The molecule has 10 heteroatoms. The molecule has 0 heterocycles. The van der Waals surface area contributed by atoms with Crippen LogP contribution in [0.15, 0.2) is 71.6 Å². The number of hydrogen-bond acceptors (Lipinski definition) is 5. The van der Waals surface area contributed by atoms with Crippen molar-refractivity contribution in [3.8, 4) is 11.5 Å². The highest BCUT2D eigenvalue weighted by molar-refractivity contribution is 7.87. The summed E-state index contributed by atoms with van der Waals surface area (Å²) in [7, 11) is -3.31. The molecule has 0 fully saturated rings. The van der Waals surface area contributed by atoms with E-state index < -0.39 is 26.8 Å². The number of carbonyl (C=O) groups excluding carboxylic acids is 1. The SMILES string of the molecule is CCCCCCc1ccc(C(=O)N(Cc2ccc(OC)c(OS(=O)(=O)c3cccc(C(F)(F)F)c3)c2)C(C)C)cc1. The summed E-state index contributed by atoms with van der Waals surface area (Å²) in [6, 6.07) is 15.3. The number of aryl methyl sites for hydroxylation is 1. The molecule has 222 valence electrons. The van der Waals surface area contributed by atoms with E-state index in [0.29, 0.717) is 17.2 Å². The summed E-state index contributed by atoms with van der Waals surface area (Å²) in [6.07, 6.45) is 0.893. The molecular weight excluding hydrogens is 555 g/mol. The van der Waals surface area contributed by atoms with Crippen LogP contribution in [0, 0.1) is 0 Å². The standard InChI is InChI=1S/C31H36F3NO5S/c1-5-6-7-8-10-23-13-16-25(17-14-23)30(36)35(22(2)3)21-24-15-18-28(39-4)29(19-24)40-41(37,38)27-12-9-11-26(20-27)31(32,33)34/h9,11-20,22H,5-8,10,21H2,1-4H3. The van der Waals surface area contributed by atoms with Crippen LogP contribution in [0.4, 0.5) is 13.2 Å². The van der Waals surface area contributed by atoms with Crippen LogP contribution in [0.5, 0.6) is 11.5 Å². The van der Waals surface area contributed by atoms with Crippen LogP contribution in [0.2, 0.25) is 0 Å². The van der Waals surface area contributed by atoms with E-state index in [2.05, 4.69) is 6.92 Å². The number of benzene rings is 3. The third-order valence-electron chi connectivity index (χ3n) is 6.63. The van der Waals surface area contributed by atoms with Gasteiger partial charge in [0.25, 0.3) is 5.91 Å². The molecule has 3 aromatic rings. The number of rotatable bonds is 13. The Kier molecular flexibility index (Phi) is 10.8. The zero-order valence-corrected chi connectivity index (χ0v) is 24.5. The fourth-order valence-electron chi connectivity index (χ4n) is 4.30. The number of carbonyl (C=O) groups is 1. The highest BCUT2D eigenvalue weighted by Crippen LogP contribution is 2.34. The number of hydrogen-bond donors (Lipinski definition) is 0. The lowest BCUT2D eigenvalue weighted by atomic mass is 10.0. The molecule has 0 aliphatic heterocycles. The molecule has 0 aromatic heterocycles. The molecule has 3 rings (SSSR count). The highest BCUT2D eigenvalue weighted by atomic mass is 32.2. The lowest BCUT2D eigenvalue weighted by molar-refractivity contribution is -0.137. The smallest absolute Gasteiger partial charge is 0.416 e. The molecule has 0 saturated heterocycles. The van der Waals surface area contributed by atoms with Gasteiger partial charge in [-0.15, -0.1) is 0 Å². The molecule has 41 heavy (non-hydrogen) atoms. The summed E-state index contributed by atoms with van der Waals surface area (Å²) in [5.74, 6) is -0.320. The van der Waals surface area contributed by atoms with Gasteiger partial charge >= 0.3 is 16.3 Å². The van der Waals surface area contributed by atoms with Gasteiger partial charge in [-0.3, -0.25) is 4.79 Å². The summed E-state index contributed by atoms with van der Waals surface area (Å²) < 4.78 is 75.7. The van der Waals surface area contributed by atoms with Crippen molar-refractivity contribution < 1.29 is 35.3 Å². The maximum absolute atomic E-state index is 13.4. The molecule has 3 aromatic carbocycles. The summed E-state index contributed by atoms with van der Waals surface area (Å²) in [4.78, 5) is 14.4. The third kappa shape index (κ3) is 8.73. The van der Waals surface area contributed by atoms with Crippen molar-refractivity contribution in [3.63, 3.8) is 0 Å². The second kappa shape index (κ2) is 13.9. The number of halogens is 3. The normalized spacial score (nSPS) is 11.9. The molecule has 0 bridgehead atoms. The minimum atomic E-state index is -4.72. The third-order valence-corrected chi connectivity index (χ3v) is 7.86. The van der Waals surface area contributed by atoms with Crippen molar-refractivity contribution in [3.05, 3.63) is 89.0 Å². The molecule has 0 unspecified atom stereocenters. The molecule has 0 radical (unpaired) electrons. The van der Waals surface area contributed by atoms with E-state index in [0.717, 1.165) is 31.0 Å². The Morgan fingerprint density at radius 3 is 2.20 bits per heavy atom. The monoisotopic (exact) mass is 591 g/mol. The van der Waals surface area contributed by atoms with E-state index in [1.165, 1.54) is 44.1 Å². The predicted octanol–water partition coefficient (Wildman–Crippen LogP) is 7.66. The first-order chi connectivity index (χ1) is 19.4. The van der Waals surface area contributed by atoms with Crippen molar-refractivity contribution in [2.45, 2.75) is 76.5 Å². The molecular formula is C31H36F3NO5S. The first-order valence-electron chi connectivity index (χ1n) is 13.5. The van der Waals surface area contributed by atoms with Crippen LogP contribution in [-0.4, -0.2) is 32.4 Å². The van der Waals surface area contributed by atoms with Crippen LogP contribution < -0.4 is 8.92 Å². The average molecular weight is 592 g/mol. The maximum atomic E-state index is 13.4. The number of nitrogens with zero attached hydrogens (tertiary/aromatic N) is 1. The van der Waals surface area contributed by atoms with Crippen LogP contribution >= 0.6 is 0 Å². The summed E-state index contributed by atoms with van der Waals surface area (Å²) in [5, 5.41) is 0. The van der Waals surface area contributed by atoms with Gasteiger partial charge in [-0.2, -0.15) is 21.6 Å². The van der Waals surface area contributed by atoms with Crippen LogP contribution in [-0.2, 0) is 29.3 Å². The molecule has 0 N–H and O–H groups in total. The molecule has 0 spiro atoms. The van der Waals surface area contributed by atoms with E-state index in [9.17, 15) is 26.4 Å². The van der Waals surface area contributed by atoms with Gasteiger partial charge < -0.3 is 13.8 Å². The molecule has 0 saturated carbocycles. The van der Waals surface area contributed by atoms with E-state index in [-0.39, 0.29) is 30.0 Å². The number of alkyl halides is 3. The number of amides is 1. The maximum Gasteiger partial charge on any atom is 0.416 e. The fraction of sp³-hybridized carbons (Fsp3) is 0.387. The predicted molar refractivity (Wildman–Crippen MR) is 152 cm³/mol. The summed E-state index contributed by atoms with van der Waals surface area (Å²) in [5.41, 5.74) is 1.15.